The number of aromatic nitrogens is 2. The van der Waals surface area contributed by atoms with Gasteiger partial charge in [-0.05, 0) is 31.0 Å². The largest absolute Gasteiger partial charge is 0.493 e. The molecule has 0 spiro atoms. The van der Waals surface area contributed by atoms with E-state index in [9.17, 15) is 4.79 Å². The van der Waals surface area contributed by atoms with E-state index >= 15 is 0 Å². The number of hydrogen-bond acceptors (Lipinski definition) is 7. The summed E-state index contributed by atoms with van der Waals surface area (Å²) in [6.45, 7) is 2.26. The first kappa shape index (κ1) is 16.2. The van der Waals surface area contributed by atoms with Crippen LogP contribution < -0.4 is 14.8 Å². The van der Waals surface area contributed by atoms with Crippen molar-refractivity contribution in [3.63, 3.8) is 0 Å². The summed E-state index contributed by atoms with van der Waals surface area (Å²) in [6.07, 6.45) is 1.11. The number of methoxy groups -OCH3 is 2. The highest BCUT2D eigenvalue weighted by molar-refractivity contribution is 7.09. The molecular weight excluding hydrogens is 302 g/mol. The zero-order chi connectivity index (χ0) is 15.9. The van der Waals surface area contributed by atoms with Gasteiger partial charge in [0.1, 0.15) is 5.78 Å². The van der Waals surface area contributed by atoms with Gasteiger partial charge in [-0.25, -0.2) is 4.98 Å². The third-order valence-electron chi connectivity index (χ3n) is 3.01. The van der Waals surface area contributed by atoms with Crippen LogP contribution in [0.3, 0.4) is 0 Å². The van der Waals surface area contributed by atoms with Crippen molar-refractivity contribution in [2.24, 2.45) is 0 Å². The quantitative estimate of drug-likeness (QED) is 0.804. The molecule has 0 aliphatic heterocycles. The van der Waals surface area contributed by atoms with Gasteiger partial charge in [0.25, 0.3) is 0 Å². The number of hydrogen-bond donors (Lipinski definition) is 1. The zero-order valence-electron chi connectivity index (χ0n) is 12.9. The third-order valence-corrected chi connectivity index (χ3v) is 3.72. The molecule has 2 rings (SSSR count). The number of nitrogens with zero attached hydrogens (tertiary/aromatic N) is 2. The van der Waals surface area contributed by atoms with Gasteiger partial charge in [0.2, 0.25) is 5.13 Å². The predicted molar refractivity (Wildman–Crippen MR) is 86.0 cm³/mol. The fraction of sp³-hybridized carbons (Fsp3) is 0.400. The van der Waals surface area contributed by atoms with Crippen molar-refractivity contribution < 1.29 is 14.3 Å². The van der Waals surface area contributed by atoms with E-state index in [1.165, 1.54) is 18.5 Å². The van der Waals surface area contributed by atoms with Gasteiger partial charge in [0, 0.05) is 18.1 Å². The van der Waals surface area contributed by atoms with E-state index < -0.39 is 0 Å². The molecule has 1 heterocycles. The summed E-state index contributed by atoms with van der Waals surface area (Å²) in [7, 11) is 3.24. The lowest BCUT2D eigenvalue weighted by Crippen LogP contribution is -2.05. The second-order valence-corrected chi connectivity index (χ2v) is 5.51. The number of anilines is 1. The Balaban J connectivity index is 1.88. The van der Waals surface area contributed by atoms with Gasteiger partial charge in [0.05, 0.1) is 20.6 Å². The van der Waals surface area contributed by atoms with Crippen LogP contribution >= 0.6 is 11.5 Å². The highest BCUT2D eigenvalue weighted by Gasteiger charge is 2.07. The molecule has 0 atom stereocenters. The van der Waals surface area contributed by atoms with Crippen molar-refractivity contribution in [3.05, 3.63) is 29.6 Å². The van der Waals surface area contributed by atoms with Gasteiger partial charge < -0.3 is 14.8 Å². The van der Waals surface area contributed by atoms with E-state index in [0.717, 1.165) is 35.2 Å². The fourth-order valence-corrected chi connectivity index (χ4v) is 2.58. The first-order valence-electron chi connectivity index (χ1n) is 6.89. The summed E-state index contributed by atoms with van der Waals surface area (Å²) < 4.78 is 14.6. The maximum atomic E-state index is 11.0. The van der Waals surface area contributed by atoms with E-state index in [1.54, 1.807) is 14.2 Å². The molecule has 0 saturated carbocycles. The molecule has 0 aliphatic rings. The molecule has 7 heteroatoms. The molecule has 1 N–H and O–H groups in total. The first-order valence-corrected chi connectivity index (χ1v) is 7.66. The van der Waals surface area contributed by atoms with Crippen LogP contribution in [0.15, 0.2) is 18.2 Å². The predicted octanol–water partition coefficient (Wildman–Crippen LogP) is 2.34. The van der Waals surface area contributed by atoms with E-state index in [2.05, 4.69) is 14.7 Å². The molecule has 0 amide bonds. The SMILES string of the molecule is COc1ccc(CCNc2nc(CC(C)=O)ns2)cc1OC. The van der Waals surface area contributed by atoms with Gasteiger partial charge in [0.15, 0.2) is 17.3 Å². The Morgan fingerprint density at radius 1 is 1.27 bits per heavy atom. The molecule has 118 valence electrons. The average Bonchev–Trinajstić information content (AvgIpc) is 2.93. The van der Waals surface area contributed by atoms with Crippen molar-refractivity contribution in [1.82, 2.24) is 9.36 Å². The number of Topliss-reactive ketones (excluding diaryl/α,β-unsaturated/α-hetero) is 1. The third kappa shape index (κ3) is 4.42. The molecule has 0 unspecified atom stereocenters. The zero-order valence-corrected chi connectivity index (χ0v) is 13.7. The summed E-state index contributed by atoms with van der Waals surface area (Å²) in [5.74, 6) is 2.08. The number of carbonyl (C=O) groups is 1. The number of rotatable bonds is 8. The lowest BCUT2D eigenvalue weighted by Gasteiger charge is -2.09. The normalized spacial score (nSPS) is 10.3. The lowest BCUT2D eigenvalue weighted by molar-refractivity contribution is -0.116. The molecule has 0 saturated heterocycles. The molecule has 0 aliphatic carbocycles. The van der Waals surface area contributed by atoms with Crippen molar-refractivity contribution >= 4 is 22.4 Å². The smallest absolute Gasteiger partial charge is 0.202 e. The maximum Gasteiger partial charge on any atom is 0.202 e. The van der Waals surface area contributed by atoms with Crippen molar-refractivity contribution in [2.45, 2.75) is 19.8 Å². The van der Waals surface area contributed by atoms with Gasteiger partial charge in [-0.15, -0.1) is 0 Å². The summed E-state index contributed by atoms with van der Waals surface area (Å²) in [5.41, 5.74) is 1.14. The number of nitrogens with one attached hydrogen (secondary N) is 1. The summed E-state index contributed by atoms with van der Waals surface area (Å²) in [4.78, 5) is 15.3. The lowest BCUT2D eigenvalue weighted by atomic mass is 10.1. The van der Waals surface area contributed by atoms with Crippen LogP contribution in [0.5, 0.6) is 11.5 Å². The molecular formula is C15H19N3O3S. The molecule has 6 nitrogen and oxygen atoms in total. The van der Waals surface area contributed by atoms with Crippen molar-refractivity contribution in [2.75, 3.05) is 26.1 Å². The number of carbonyl (C=O) groups excluding carboxylic acids is 1. The number of ether oxygens (including phenoxy) is 2. The Morgan fingerprint density at radius 2 is 2.05 bits per heavy atom. The Morgan fingerprint density at radius 3 is 2.73 bits per heavy atom. The summed E-state index contributed by atoms with van der Waals surface area (Å²) in [5, 5.41) is 3.95. The van der Waals surface area contributed by atoms with Crippen LogP contribution in [0.25, 0.3) is 0 Å². The Bertz CT molecular complexity index is 643. The van der Waals surface area contributed by atoms with Gasteiger partial charge in [-0.1, -0.05) is 6.07 Å². The van der Waals surface area contributed by atoms with E-state index in [4.69, 9.17) is 9.47 Å². The van der Waals surface area contributed by atoms with Crippen LogP contribution in [0.2, 0.25) is 0 Å². The number of ketones is 1. The number of benzene rings is 1. The van der Waals surface area contributed by atoms with Crippen LogP contribution in [0.1, 0.15) is 18.3 Å². The molecule has 22 heavy (non-hydrogen) atoms. The molecule has 0 fully saturated rings. The maximum absolute atomic E-state index is 11.0. The standard InChI is InChI=1S/C15H19N3O3S/c1-10(19)8-14-17-15(22-18-14)16-7-6-11-4-5-12(20-2)13(9-11)21-3/h4-5,9H,6-8H2,1-3H3,(H,16,17,18). The minimum absolute atomic E-state index is 0.0645. The van der Waals surface area contributed by atoms with E-state index in [0.29, 0.717) is 5.82 Å². The Hall–Kier alpha value is -2.15. The summed E-state index contributed by atoms with van der Waals surface area (Å²) >= 11 is 1.27. The Labute approximate surface area is 133 Å². The van der Waals surface area contributed by atoms with Gasteiger partial charge >= 0.3 is 0 Å². The van der Waals surface area contributed by atoms with Crippen LogP contribution in [-0.2, 0) is 17.6 Å². The minimum atomic E-state index is 0.0645. The monoisotopic (exact) mass is 321 g/mol. The topological polar surface area (TPSA) is 73.3 Å². The van der Waals surface area contributed by atoms with Crippen molar-refractivity contribution in [1.29, 1.82) is 0 Å². The van der Waals surface area contributed by atoms with Gasteiger partial charge in [-0.2, -0.15) is 4.37 Å². The Kier molecular flexibility index (Phi) is 5.71. The van der Waals surface area contributed by atoms with E-state index in [-0.39, 0.29) is 12.2 Å². The van der Waals surface area contributed by atoms with Crippen LogP contribution in [-0.4, -0.2) is 35.9 Å². The van der Waals surface area contributed by atoms with E-state index in [1.807, 2.05) is 18.2 Å². The molecule has 1 aromatic carbocycles. The highest BCUT2D eigenvalue weighted by Crippen LogP contribution is 2.27. The average molecular weight is 321 g/mol. The molecule has 0 bridgehead atoms. The highest BCUT2D eigenvalue weighted by atomic mass is 32.1. The molecule has 1 aromatic heterocycles. The van der Waals surface area contributed by atoms with Crippen molar-refractivity contribution in [3.8, 4) is 11.5 Å². The van der Waals surface area contributed by atoms with Crippen LogP contribution in [0, 0.1) is 0 Å². The fourth-order valence-electron chi connectivity index (χ4n) is 1.97. The first-order chi connectivity index (χ1) is 10.6. The molecule has 0 radical (unpaired) electrons. The van der Waals surface area contributed by atoms with Gasteiger partial charge in [-0.3, -0.25) is 4.79 Å². The minimum Gasteiger partial charge on any atom is -0.493 e. The second-order valence-electron chi connectivity index (χ2n) is 4.76. The second kappa shape index (κ2) is 7.74. The summed E-state index contributed by atoms with van der Waals surface area (Å²) in [6, 6.07) is 5.86. The molecule has 2 aromatic rings. The van der Waals surface area contributed by atoms with Crippen LogP contribution in [0.4, 0.5) is 5.13 Å².